The summed E-state index contributed by atoms with van der Waals surface area (Å²) in [6.45, 7) is 2.86. The summed E-state index contributed by atoms with van der Waals surface area (Å²) in [4.78, 5) is 13.2. The van der Waals surface area contributed by atoms with Crippen molar-refractivity contribution in [3.63, 3.8) is 0 Å². The maximum Gasteiger partial charge on any atom is 0.251 e. The molecule has 1 aromatic rings. The van der Waals surface area contributed by atoms with Crippen LogP contribution in [0.2, 0.25) is 0 Å². The molecular weight excluding hydrogens is 272 g/mol. The molecule has 0 spiro atoms. The van der Waals surface area contributed by atoms with Crippen molar-refractivity contribution in [2.75, 3.05) is 19.6 Å². The van der Waals surface area contributed by atoms with Gasteiger partial charge in [0.1, 0.15) is 0 Å². The second-order valence-electron chi connectivity index (χ2n) is 5.84. The van der Waals surface area contributed by atoms with Crippen LogP contribution in [0.3, 0.4) is 0 Å². The Morgan fingerprint density at radius 3 is 2.77 bits per heavy atom. The number of amides is 1. The quantitative estimate of drug-likeness (QED) is 0.559. The Labute approximate surface area is 133 Å². The first-order valence-corrected chi connectivity index (χ1v) is 8.09. The van der Waals surface area contributed by atoms with Crippen molar-refractivity contribution in [2.45, 2.75) is 19.3 Å². The van der Waals surface area contributed by atoms with E-state index in [0.717, 1.165) is 44.5 Å². The Kier molecular flexibility index (Phi) is 6.91. The second kappa shape index (κ2) is 9.21. The van der Waals surface area contributed by atoms with Gasteiger partial charge in [-0.05, 0) is 31.4 Å². The van der Waals surface area contributed by atoms with Crippen LogP contribution in [0.5, 0.6) is 0 Å². The molecule has 1 aliphatic rings. The number of nitrogens with one attached hydrogen (secondary N) is 2. The normalized spacial score (nSPS) is 18.1. The van der Waals surface area contributed by atoms with E-state index >= 15 is 0 Å². The summed E-state index contributed by atoms with van der Waals surface area (Å²) in [5.74, 6) is 0.633. The number of carbonyl (C=O) groups is 1. The number of allylic oxidation sites excluding steroid dienone is 3. The standard InChI is InChI=1S/C19H26N2O/c1-21(16-17-10-4-2-5-11-17)15-9-8-14-20-19(22)18-12-6-3-7-13-18/h2-7,10,12-13,17,21H,1,8-9,11,14-16H2,(H,20,22). The van der Waals surface area contributed by atoms with Crippen LogP contribution in [0.1, 0.15) is 29.6 Å². The van der Waals surface area contributed by atoms with Gasteiger partial charge in [0.25, 0.3) is 5.91 Å². The van der Waals surface area contributed by atoms with Crippen LogP contribution < -0.4 is 10.2 Å². The highest BCUT2D eigenvalue weighted by atomic mass is 16.1. The van der Waals surface area contributed by atoms with E-state index < -0.39 is 0 Å². The van der Waals surface area contributed by atoms with Crippen LogP contribution in [0.15, 0.2) is 54.6 Å². The van der Waals surface area contributed by atoms with Gasteiger partial charge in [-0.2, -0.15) is 7.05 Å². The van der Waals surface area contributed by atoms with Crippen molar-refractivity contribution < 1.29 is 9.69 Å². The summed E-state index contributed by atoms with van der Waals surface area (Å²) >= 11 is 0. The predicted molar refractivity (Wildman–Crippen MR) is 90.4 cm³/mol. The Hall–Kier alpha value is -1.87. The molecule has 1 aromatic carbocycles. The van der Waals surface area contributed by atoms with Crippen LogP contribution in [0.4, 0.5) is 0 Å². The smallest absolute Gasteiger partial charge is 0.251 e. The van der Waals surface area contributed by atoms with Gasteiger partial charge in [-0.25, -0.2) is 0 Å². The lowest BCUT2D eigenvalue weighted by Crippen LogP contribution is -3.07. The lowest BCUT2D eigenvalue weighted by Gasteiger charge is -2.25. The van der Waals surface area contributed by atoms with Gasteiger partial charge in [0.15, 0.2) is 0 Å². The van der Waals surface area contributed by atoms with Crippen molar-refractivity contribution in [1.82, 2.24) is 5.32 Å². The maximum absolute atomic E-state index is 11.9. The number of quaternary nitrogens is 1. The highest BCUT2D eigenvalue weighted by molar-refractivity contribution is 5.94. The first-order chi connectivity index (χ1) is 10.8. The van der Waals surface area contributed by atoms with Crippen molar-refractivity contribution in [3.05, 3.63) is 67.2 Å². The van der Waals surface area contributed by atoms with Crippen LogP contribution >= 0.6 is 0 Å². The van der Waals surface area contributed by atoms with Crippen molar-refractivity contribution in [3.8, 4) is 0 Å². The summed E-state index contributed by atoms with van der Waals surface area (Å²) in [5.41, 5.74) is 0.726. The molecule has 22 heavy (non-hydrogen) atoms. The van der Waals surface area contributed by atoms with E-state index in [2.05, 4.69) is 36.7 Å². The van der Waals surface area contributed by atoms with Gasteiger partial charge in [0.05, 0.1) is 13.1 Å². The van der Waals surface area contributed by atoms with Gasteiger partial charge in [-0.15, -0.1) is 0 Å². The predicted octanol–water partition coefficient (Wildman–Crippen LogP) is 2.01. The van der Waals surface area contributed by atoms with Crippen LogP contribution in [-0.4, -0.2) is 25.5 Å². The van der Waals surface area contributed by atoms with E-state index in [9.17, 15) is 4.79 Å². The molecule has 0 fully saturated rings. The highest BCUT2D eigenvalue weighted by Gasteiger charge is 2.09. The van der Waals surface area contributed by atoms with E-state index in [4.69, 9.17) is 0 Å². The molecule has 0 aliphatic heterocycles. The monoisotopic (exact) mass is 298 g/mol. The zero-order valence-corrected chi connectivity index (χ0v) is 13.1. The van der Waals surface area contributed by atoms with Crippen LogP contribution in [0, 0.1) is 13.0 Å². The minimum absolute atomic E-state index is 0.0126. The fourth-order valence-electron chi connectivity index (χ4n) is 2.65. The second-order valence-corrected chi connectivity index (χ2v) is 5.84. The molecule has 1 aliphatic carbocycles. The first-order valence-electron chi connectivity index (χ1n) is 8.09. The minimum atomic E-state index is 0.0126. The fraction of sp³-hybridized carbons (Fsp3) is 0.368. The zero-order chi connectivity index (χ0) is 15.6. The molecule has 2 rings (SSSR count). The summed E-state index contributed by atoms with van der Waals surface area (Å²) in [6.07, 6.45) is 11.9. The molecule has 0 bridgehead atoms. The SMILES string of the molecule is [CH2-][NH+](CCCCNC(=O)c1ccccc1)CC1C=CC=CC1. The van der Waals surface area contributed by atoms with Crippen molar-refractivity contribution in [2.24, 2.45) is 5.92 Å². The molecule has 2 N–H and O–H groups in total. The van der Waals surface area contributed by atoms with E-state index in [1.165, 1.54) is 4.90 Å². The molecule has 3 nitrogen and oxygen atoms in total. The topological polar surface area (TPSA) is 33.5 Å². The third-order valence-electron chi connectivity index (χ3n) is 3.90. The molecule has 118 valence electrons. The lowest BCUT2D eigenvalue weighted by atomic mass is 10.0. The molecule has 0 aromatic heterocycles. The average Bonchev–Trinajstić information content (AvgIpc) is 2.56. The Morgan fingerprint density at radius 1 is 1.23 bits per heavy atom. The first kappa shape index (κ1) is 16.5. The third kappa shape index (κ3) is 5.86. The summed E-state index contributed by atoms with van der Waals surface area (Å²) in [7, 11) is 4.18. The van der Waals surface area contributed by atoms with Gasteiger partial charge < -0.3 is 10.2 Å². The molecule has 1 amide bonds. The largest absolute Gasteiger partial charge is 0.467 e. The van der Waals surface area contributed by atoms with E-state index in [1.807, 2.05) is 30.3 Å². The summed E-state index contributed by atoms with van der Waals surface area (Å²) in [5, 5.41) is 2.97. The number of hydrogen-bond donors (Lipinski definition) is 2. The number of carbonyl (C=O) groups excluding carboxylic acids is 1. The van der Waals surface area contributed by atoms with E-state index in [-0.39, 0.29) is 5.91 Å². The van der Waals surface area contributed by atoms with Gasteiger partial charge >= 0.3 is 0 Å². The fourth-order valence-corrected chi connectivity index (χ4v) is 2.65. The highest BCUT2D eigenvalue weighted by Crippen LogP contribution is 2.08. The molecule has 2 atom stereocenters. The lowest BCUT2D eigenvalue weighted by molar-refractivity contribution is -0.856. The molecule has 0 heterocycles. The number of hydrogen-bond acceptors (Lipinski definition) is 1. The van der Waals surface area contributed by atoms with Gasteiger partial charge in [0.2, 0.25) is 0 Å². The summed E-state index contributed by atoms with van der Waals surface area (Å²) in [6, 6.07) is 9.36. The van der Waals surface area contributed by atoms with Crippen LogP contribution in [-0.2, 0) is 0 Å². The number of benzene rings is 1. The molecule has 3 heteroatoms. The van der Waals surface area contributed by atoms with Crippen molar-refractivity contribution >= 4 is 5.91 Å². The minimum Gasteiger partial charge on any atom is -0.467 e. The molecule has 0 saturated heterocycles. The van der Waals surface area contributed by atoms with Gasteiger partial charge in [-0.3, -0.25) is 4.79 Å². The van der Waals surface area contributed by atoms with E-state index in [0.29, 0.717) is 5.92 Å². The molecule has 0 saturated carbocycles. The number of unbranched alkanes of at least 4 members (excludes halogenated alkanes) is 1. The van der Waals surface area contributed by atoms with Gasteiger partial charge in [0, 0.05) is 18.0 Å². The Balaban J connectivity index is 1.54. The Bertz CT molecular complexity index is 507. The van der Waals surface area contributed by atoms with Gasteiger partial charge in [-0.1, -0.05) is 42.5 Å². The average molecular weight is 298 g/mol. The molecule has 0 radical (unpaired) electrons. The Morgan fingerprint density at radius 2 is 2.05 bits per heavy atom. The number of rotatable bonds is 8. The third-order valence-corrected chi connectivity index (χ3v) is 3.90. The van der Waals surface area contributed by atoms with Crippen LogP contribution in [0.25, 0.3) is 0 Å². The molecular formula is C19H26N2O. The van der Waals surface area contributed by atoms with E-state index in [1.54, 1.807) is 0 Å². The summed E-state index contributed by atoms with van der Waals surface area (Å²) < 4.78 is 0. The van der Waals surface area contributed by atoms with Crippen molar-refractivity contribution in [1.29, 1.82) is 0 Å². The zero-order valence-electron chi connectivity index (χ0n) is 13.1. The maximum atomic E-state index is 11.9. The molecule has 2 unspecified atom stereocenters.